The maximum atomic E-state index is 5.74. The third kappa shape index (κ3) is 4.68. The van der Waals surface area contributed by atoms with Crippen molar-refractivity contribution in [1.29, 1.82) is 0 Å². The van der Waals surface area contributed by atoms with Crippen molar-refractivity contribution in [3.8, 4) is 0 Å². The fourth-order valence-corrected chi connectivity index (χ4v) is 15.2. The van der Waals surface area contributed by atoms with Gasteiger partial charge in [-0.15, -0.1) is 0 Å². The van der Waals surface area contributed by atoms with Gasteiger partial charge >= 0.3 is 0 Å². The minimum absolute atomic E-state index is 0.276. The molecule has 0 amide bonds. The van der Waals surface area contributed by atoms with Gasteiger partial charge in [-0.3, -0.25) is 5.32 Å². The smallest absolute Gasteiger partial charge is 0.144 e. The van der Waals surface area contributed by atoms with E-state index in [4.69, 9.17) is 12.2 Å². The fraction of sp³-hybridized carbons (Fsp3) is 0.417. The van der Waals surface area contributed by atoms with Gasteiger partial charge in [0.05, 0.1) is 4.20 Å². The zero-order valence-electron chi connectivity index (χ0n) is 10.9. The second-order valence-corrected chi connectivity index (χ2v) is 14.2. The normalized spacial score (nSPS) is 24.1. The number of unbranched alkanes of at least 4 members (excludes halogenated alkanes) is 1. The number of hydrogen-bond donors (Lipinski definition) is 1. The largest absolute Gasteiger partial charge is 0.293 e. The van der Waals surface area contributed by atoms with Crippen LogP contribution >= 0.6 is 73.1 Å². The van der Waals surface area contributed by atoms with E-state index in [-0.39, 0.29) is 4.87 Å². The Balaban J connectivity index is 2.27. The molecule has 0 spiro atoms. The number of rotatable bonds is 5. The summed E-state index contributed by atoms with van der Waals surface area (Å²) in [7, 11) is 10.7. The molecule has 0 aromatic heterocycles. The summed E-state index contributed by atoms with van der Waals surface area (Å²) in [5.41, 5.74) is 1.25. The maximum absolute atomic E-state index is 5.74. The van der Waals surface area contributed by atoms with E-state index in [0.29, 0.717) is 0 Å². The minimum atomic E-state index is -0.276. The second-order valence-electron chi connectivity index (χ2n) is 4.05. The van der Waals surface area contributed by atoms with Crippen molar-refractivity contribution in [2.75, 3.05) is 6.54 Å². The van der Waals surface area contributed by atoms with Gasteiger partial charge in [0, 0.05) is 0 Å². The molecule has 1 saturated heterocycles. The first-order valence-corrected chi connectivity index (χ1v) is 14.1. The van der Waals surface area contributed by atoms with E-state index in [9.17, 15) is 0 Å². The summed E-state index contributed by atoms with van der Waals surface area (Å²) < 4.78 is 1.01. The molecule has 1 N–H and O–H groups in total. The van der Waals surface area contributed by atoms with Crippen molar-refractivity contribution in [1.82, 2.24) is 5.32 Å². The quantitative estimate of drug-likeness (QED) is 0.337. The van der Waals surface area contributed by atoms with E-state index in [0.717, 1.165) is 10.7 Å². The van der Waals surface area contributed by atoms with Crippen molar-refractivity contribution in [2.45, 2.75) is 24.6 Å². The molecule has 110 valence electrons. The molecule has 1 nitrogen and oxygen atoms in total. The molecule has 1 aromatic carbocycles. The number of nitrogens with one attached hydrogen (secondary N) is 1. The first-order valence-electron chi connectivity index (χ1n) is 6.17. The Hall–Kier alpha value is 1.37. The summed E-state index contributed by atoms with van der Waals surface area (Å²) >= 11 is 5.74. The first kappa shape index (κ1) is 17.7. The summed E-state index contributed by atoms with van der Waals surface area (Å²) in [5, 5.41) is 3.71. The molecule has 1 aliphatic rings. The van der Waals surface area contributed by atoms with Crippen LogP contribution in [0.1, 0.15) is 25.3 Å². The Morgan fingerprint density at radius 1 is 1.10 bits per heavy atom. The molecule has 0 bridgehead atoms. The lowest BCUT2D eigenvalue weighted by molar-refractivity contribution is 0.585. The molecule has 0 aliphatic carbocycles. The van der Waals surface area contributed by atoms with Crippen LogP contribution in [0.5, 0.6) is 0 Å². The van der Waals surface area contributed by atoms with Gasteiger partial charge in [0.15, 0.2) is 0 Å². The highest BCUT2D eigenvalue weighted by atomic mass is 33.9. The molecule has 2 rings (SSSR count). The molecule has 1 atom stereocenters. The van der Waals surface area contributed by atoms with Crippen LogP contribution in [0, 0.1) is 0 Å². The van der Waals surface area contributed by atoms with Crippen molar-refractivity contribution >= 4 is 77.3 Å². The highest BCUT2D eigenvalue weighted by Crippen LogP contribution is 2.62. The zero-order chi connectivity index (χ0) is 14.3. The van der Waals surface area contributed by atoms with Gasteiger partial charge in [-0.25, -0.2) is 0 Å². The average Bonchev–Trinajstić information content (AvgIpc) is 2.47. The fourth-order valence-electron chi connectivity index (χ4n) is 1.71. The SMILES string of the molecule is CCCCNC1(c2ccccc2)SSSSSSC1=S. The van der Waals surface area contributed by atoms with Gasteiger partial charge in [-0.1, -0.05) is 55.9 Å². The van der Waals surface area contributed by atoms with Crippen LogP contribution in [0.25, 0.3) is 0 Å². The van der Waals surface area contributed by atoms with Crippen molar-refractivity contribution < 1.29 is 0 Å². The zero-order valence-corrected chi connectivity index (χ0v) is 16.6. The highest BCUT2D eigenvalue weighted by molar-refractivity contribution is 9.43. The number of benzene rings is 1. The molecule has 1 unspecified atom stereocenters. The van der Waals surface area contributed by atoms with Gasteiger partial charge in [-0.05, 0) is 79.4 Å². The maximum Gasteiger partial charge on any atom is 0.144 e. The van der Waals surface area contributed by atoms with Gasteiger partial charge < -0.3 is 0 Å². The van der Waals surface area contributed by atoms with Crippen LogP contribution in [-0.2, 0) is 4.87 Å². The molecule has 20 heavy (non-hydrogen) atoms. The number of hydrogen-bond acceptors (Lipinski definition) is 8. The topological polar surface area (TPSA) is 12.0 Å². The summed E-state index contributed by atoms with van der Waals surface area (Å²) in [6.07, 6.45) is 2.36. The third-order valence-electron chi connectivity index (χ3n) is 2.72. The van der Waals surface area contributed by atoms with Gasteiger partial charge in [-0.2, -0.15) is 0 Å². The van der Waals surface area contributed by atoms with Crippen LogP contribution in [-0.4, -0.2) is 10.7 Å². The lowest BCUT2D eigenvalue weighted by Crippen LogP contribution is -2.44. The van der Waals surface area contributed by atoms with Crippen molar-refractivity contribution in [2.24, 2.45) is 0 Å². The number of thiocarbonyl (C=S) groups is 1. The summed E-state index contributed by atoms with van der Waals surface area (Å²) in [4.78, 5) is -0.276. The van der Waals surface area contributed by atoms with Crippen LogP contribution < -0.4 is 5.32 Å². The summed E-state index contributed by atoms with van der Waals surface area (Å²) in [6.45, 7) is 3.20. The average molecular weight is 398 g/mol. The van der Waals surface area contributed by atoms with Crippen LogP contribution in [0.2, 0.25) is 0 Å². The van der Waals surface area contributed by atoms with Crippen LogP contribution in [0.4, 0.5) is 0 Å². The molecule has 1 fully saturated rings. The Bertz CT molecular complexity index is 427. The van der Waals surface area contributed by atoms with E-state index in [1.807, 2.05) is 10.8 Å². The molecular weight excluding hydrogens is 383 g/mol. The Labute approximate surface area is 148 Å². The van der Waals surface area contributed by atoms with Gasteiger partial charge in [0.25, 0.3) is 0 Å². The molecule has 0 saturated carbocycles. The molecule has 1 heterocycles. The van der Waals surface area contributed by atoms with E-state index in [1.165, 1.54) is 18.4 Å². The summed E-state index contributed by atoms with van der Waals surface area (Å²) in [5.74, 6) is 0. The highest BCUT2D eigenvalue weighted by Gasteiger charge is 2.39. The van der Waals surface area contributed by atoms with E-state index >= 15 is 0 Å². The predicted molar refractivity (Wildman–Crippen MR) is 109 cm³/mol. The minimum Gasteiger partial charge on any atom is -0.293 e. The van der Waals surface area contributed by atoms with Crippen LogP contribution in [0.15, 0.2) is 30.3 Å². The van der Waals surface area contributed by atoms with Gasteiger partial charge in [0.2, 0.25) is 0 Å². The van der Waals surface area contributed by atoms with Crippen molar-refractivity contribution in [3.63, 3.8) is 0 Å². The Morgan fingerprint density at radius 2 is 1.85 bits per heavy atom. The van der Waals surface area contributed by atoms with E-state index in [2.05, 4.69) is 42.6 Å². The van der Waals surface area contributed by atoms with Crippen LogP contribution in [0.3, 0.4) is 0 Å². The molecule has 0 radical (unpaired) electrons. The molecule has 8 heteroatoms. The van der Waals surface area contributed by atoms with Gasteiger partial charge in [0.1, 0.15) is 4.87 Å². The van der Waals surface area contributed by atoms with Crippen molar-refractivity contribution in [3.05, 3.63) is 35.9 Å². The standard InChI is InChI=1S/C12H15NS7/c1-2-3-9-13-12(10-7-5-4-6-8-10)11(14)15-17-19-20-18-16-12/h4-8,13H,2-3,9H2,1H3. The molecule has 1 aromatic rings. The first-order chi connectivity index (χ1) is 9.79. The lowest BCUT2D eigenvalue weighted by atomic mass is 10.1. The van der Waals surface area contributed by atoms with E-state index in [1.54, 1.807) is 50.1 Å². The monoisotopic (exact) mass is 397 g/mol. The predicted octanol–water partition coefficient (Wildman–Crippen LogP) is 6.54. The summed E-state index contributed by atoms with van der Waals surface area (Å²) in [6, 6.07) is 10.6. The third-order valence-corrected chi connectivity index (χ3v) is 14.8. The Morgan fingerprint density at radius 3 is 2.60 bits per heavy atom. The lowest BCUT2D eigenvalue weighted by Gasteiger charge is -2.35. The molecular formula is C12H15NS7. The second kappa shape index (κ2) is 9.50. The Kier molecular flexibility index (Phi) is 8.41. The van der Waals surface area contributed by atoms with E-state index < -0.39 is 0 Å². The molecule has 1 aliphatic heterocycles.